The molecule has 3 aliphatic heterocycles. The van der Waals surface area contributed by atoms with E-state index in [0.717, 1.165) is 140 Å². The van der Waals surface area contributed by atoms with Crippen LogP contribution in [0, 0.1) is 47.5 Å². The molecule has 0 saturated carbocycles. The predicted octanol–water partition coefficient (Wildman–Crippen LogP) is 18.8. The van der Waals surface area contributed by atoms with Gasteiger partial charge in [-0.1, -0.05) is 158 Å². The van der Waals surface area contributed by atoms with E-state index in [4.69, 9.17) is 19.1 Å². The van der Waals surface area contributed by atoms with Crippen molar-refractivity contribution in [3.63, 3.8) is 0 Å². The predicted molar refractivity (Wildman–Crippen MR) is 362 cm³/mol. The average molecular weight is 1230 g/mol. The second-order valence-corrected chi connectivity index (χ2v) is 28.9. The monoisotopic (exact) mass is 1230 g/mol. The normalized spacial score (nSPS) is 18.0. The van der Waals surface area contributed by atoms with Gasteiger partial charge in [-0.3, -0.25) is 24.1 Å². The summed E-state index contributed by atoms with van der Waals surface area (Å²) in [6.07, 6.45) is 25.6. The summed E-state index contributed by atoms with van der Waals surface area (Å²) in [5.41, 5.74) is 10.1. The third kappa shape index (κ3) is 21.0. The molecule has 4 aromatic carbocycles. The fourth-order valence-electron chi connectivity index (χ4n) is 14.2. The van der Waals surface area contributed by atoms with Gasteiger partial charge in [0.05, 0.1) is 13.2 Å². The number of unbranched alkanes of at least 4 members (excludes halogenated alkanes) is 15. The molecule has 89 heavy (non-hydrogen) atoms. The van der Waals surface area contributed by atoms with Crippen LogP contribution in [0.4, 0.5) is 0 Å². The molecule has 492 valence electrons. The van der Waals surface area contributed by atoms with Crippen molar-refractivity contribution in [3.8, 4) is 17.2 Å². The molecule has 0 radical (unpaired) electrons. The first-order chi connectivity index (χ1) is 42.2. The van der Waals surface area contributed by atoms with Gasteiger partial charge in [0.1, 0.15) is 46.0 Å². The maximum Gasteiger partial charge on any atom is 0.323 e. The largest absolute Gasteiger partial charge is 0.505 e. The topological polar surface area (TPSA) is 146 Å². The molecule has 2 fully saturated rings. The number of ether oxygens (including phenoxy) is 2. The minimum absolute atomic E-state index is 0.0663. The van der Waals surface area contributed by atoms with Crippen LogP contribution in [0.1, 0.15) is 274 Å². The fraction of sp³-hybridized carbons (Fsp3) is 0.645. The molecule has 3 aliphatic rings. The van der Waals surface area contributed by atoms with Crippen molar-refractivity contribution in [2.75, 3.05) is 13.2 Å². The number of hydrogen-bond acceptors (Lipinski definition) is 12. The highest BCUT2D eigenvalue weighted by atomic mass is 16.7. The van der Waals surface area contributed by atoms with Crippen molar-refractivity contribution < 1.29 is 38.6 Å². The van der Waals surface area contributed by atoms with E-state index in [1.165, 1.54) is 80.1 Å². The summed E-state index contributed by atoms with van der Waals surface area (Å²) in [4.78, 5) is 52.6. The SMILES string of the molecule is CCCCCCCCON1C(C)(C)CC(OC(=O)CCCCCCCCC(=O)C2CC(C)(C)N(OCCCCCCCC)C(C)(C)C2)CC1(C)C.Cc1cc(C)c(O)c(-n2nc3ccccc3n2)c1.Cc1cc(C)c2c(c1)C(c1ccc(C)c(C)c1)C(=O)O2. The Morgan fingerprint density at radius 2 is 1.02 bits per heavy atom. The number of benzene rings is 4. The number of aryl methyl sites for hydroxylation is 6. The Morgan fingerprint density at radius 3 is 1.55 bits per heavy atom. The molecular weight excluding hydrogens is 1110 g/mol. The third-order valence-corrected chi connectivity index (χ3v) is 18.4. The van der Waals surface area contributed by atoms with E-state index in [-0.39, 0.29) is 57.8 Å². The lowest BCUT2D eigenvalue weighted by atomic mass is 9.73. The minimum Gasteiger partial charge on any atom is -0.505 e. The summed E-state index contributed by atoms with van der Waals surface area (Å²) >= 11 is 0. The summed E-state index contributed by atoms with van der Waals surface area (Å²) in [6.45, 7) is 35.9. The third-order valence-electron chi connectivity index (χ3n) is 18.4. The minimum atomic E-state index is -0.289. The number of aromatic hydroxyl groups is 1. The number of hydrogen-bond donors (Lipinski definition) is 1. The second kappa shape index (κ2) is 33.7. The second-order valence-electron chi connectivity index (χ2n) is 28.9. The fourth-order valence-corrected chi connectivity index (χ4v) is 14.2. The first-order valence-electron chi connectivity index (χ1n) is 34.3. The van der Waals surface area contributed by atoms with Gasteiger partial charge in [-0.05, 0) is 187 Å². The van der Waals surface area contributed by atoms with Gasteiger partial charge in [0.2, 0.25) is 0 Å². The van der Waals surface area contributed by atoms with Crippen molar-refractivity contribution in [1.82, 2.24) is 25.1 Å². The molecule has 0 amide bonds. The smallest absolute Gasteiger partial charge is 0.323 e. The van der Waals surface area contributed by atoms with E-state index in [1.54, 1.807) is 0 Å². The lowest BCUT2D eigenvalue weighted by Gasteiger charge is -2.53. The summed E-state index contributed by atoms with van der Waals surface area (Å²) in [6, 6.07) is 21.8. The van der Waals surface area contributed by atoms with Crippen molar-refractivity contribution in [3.05, 3.63) is 111 Å². The van der Waals surface area contributed by atoms with Crippen LogP contribution in [-0.4, -0.2) is 89.4 Å². The van der Waals surface area contributed by atoms with Crippen LogP contribution in [-0.2, 0) is 28.8 Å². The van der Waals surface area contributed by atoms with Gasteiger partial charge in [0.15, 0.2) is 0 Å². The number of carbonyl (C=O) groups is 3. The first-order valence-corrected chi connectivity index (χ1v) is 34.3. The number of rotatable bonds is 29. The van der Waals surface area contributed by atoms with E-state index >= 15 is 0 Å². The Balaban J connectivity index is 0.000000264. The number of aromatic nitrogens is 3. The summed E-state index contributed by atoms with van der Waals surface area (Å²) < 4.78 is 11.5. The van der Waals surface area contributed by atoms with Crippen LogP contribution in [0.5, 0.6) is 11.5 Å². The molecule has 2 saturated heterocycles. The number of carbonyl (C=O) groups excluding carboxylic acids is 3. The van der Waals surface area contributed by atoms with Gasteiger partial charge in [-0.15, -0.1) is 15.0 Å². The Hall–Kier alpha value is -5.47. The van der Waals surface area contributed by atoms with E-state index in [0.29, 0.717) is 24.3 Å². The maximum atomic E-state index is 13.3. The molecule has 13 nitrogen and oxygen atoms in total. The lowest BCUT2D eigenvalue weighted by Crippen LogP contribution is -2.62. The van der Waals surface area contributed by atoms with Crippen molar-refractivity contribution in [2.45, 2.75) is 299 Å². The molecule has 1 atom stereocenters. The number of esters is 2. The Bertz CT molecular complexity index is 3000. The van der Waals surface area contributed by atoms with Crippen LogP contribution < -0.4 is 4.74 Å². The molecule has 0 bridgehead atoms. The molecule has 1 N–H and O–H groups in total. The van der Waals surface area contributed by atoms with Gasteiger partial charge in [0.25, 0.3) is 0 Å². The number of phenols is 1. The van der Waals surface area contributed by atoms with Gasteiger partial charge in [-0.2, -0.15) is 10.1 Å². The zero-order valence-electron chi connectivity index (χ0n) is 58.0. The van der Waals surface area contributed by atoms with Gasteiger partial charge in [-0.25, -0.2) is 0 Å². The maximum absolute atomic E-state index is 13.3. The molecular formula is C76H115N5O8. The van der Waals surface area contributed by atoms with Gasteiger partial charge < -0.3 is 14.6 Å². The zero-order valence-corrected chi connectivity index (χ0v) is 58.0. The highest BCUT2D eigenvalue weighted by Gasteiger charge is 2.49. The summed E-state index contributed by atoms with van der Waals surface area (Å²) in [5, 5.41) is 23.2. The number of ketones is 1. The Labute approximate surface area is 536 Å². The van der Waals surface area contributed by atoms with Crippen molar-refractivity contribution in [1.29, 1.82) is 0 Å². The van der Waals surface area contributed by atoms with Crippen LogP contribution in [0.2, 0.25) is 0 Å². The van der Waals surface area contributed by atoms with Gasteiger partial charge >= 0.3 is 11.9 Å². The van der Waals surface area contributed by atoms with Gasteiger partial charge in [0, 0.05) is 59.3 Å². The lowest BCUT2D eigenvalue weighted by molar-refractivity contribution is -0.293. The molecule has 5 aromatic rings. The number of hydroxylamine groups is 4. The standard InChI is InChI=1S/C44H84N2O5.C18H18O2.C14H13N3O/c1-11-13-15-17-23-27-31-49-45-41(3,4)33-37(34-42(45,5)6)39(47)29-25-21-19-20-22-26-30-40(48)51-38-35-43(7,8)46(44(9,10)36-38)50-32-28-24-18-16-14-12-2;1-10-7-13(4)17-15(8-10)16(18(19)20-17)14-6-5-11(2)12(3)9-14;1-9-7-10(2)14(18)13(8-9)17-15-11-5-3-4-6-12(11)16-17/h37-38H,11-36H2,1-10H3;5-9,16H,1-4H3;3-8,18H,1-2H3. The Kier molecular flexibility index (Phi) is 27.5. The quantitative estimate of drug-likeness (QED) is 0.0276. The van der Waals surface area contributed by atoms with E-state index in [1.807, 2.05) is 70.2 Å². The van der Waals surface area contributed by atoms with E-state index in [9.17, 15) is 19.5 Å². The number of piperidine rings is 2. The molecule has 4 heterocycles. The summed E-state index contributed by atoms with van der Waals surface area (Å²) in [7, 11) is 0. The van der Waals surface area contributed by atoms with Crippen LogP contribution in [0.3, 0.4) is 0 Å². The highest BCUT2D eigenvalue weighted by molar-refractivity contribution is 5.90. The molecule has 0 spiro atoms. The van der Waals surface area contributed by atoms with Crippen molar-refractivity contribution in [2.24, 2.45) is 5.92 Å². The van der Waals surface area contributed by atoms with Crippen LogP contribution >= 0.6 is 0 Å². The number of Topliss-reactive ketones (excluding diaryl/α,β-unsaturated/α-hetero) is 1. The van der Waals surface area contributed by atoms with Crippen molar-refractivity contribution >= 4 is 28.8 Å². The number of fused-ring (bicyclic) bond motifs is 2. The molecule has 13 heteroatoms. The number of nitrogens with zero attached hydrogens (tertiary/aromatic N) is 5. The highest BCUT2D eigenvalue weighted by Crippen LogP contribution is 2.45. The van der Waals surface area contributed by atoms with E-state index in [2.05, 4.69) is 128 Å². The van der Waals surface area contributed by atoms with Crippen LogP contribution in [0.25, 0.3) is 16.7 Å². The molecule has 8 rings (SSSR count). The Morgan fingerprint density at radius 1 is 0.551 bits per heavy atom. The summed E-state index contributed by atoms with van der Waals surface area (Å²) in [5.74, 6) is 0.972. The molecule has 1 unspecified atom stereocenters. The first kappa shape index (κ1) is 72.6. The zero-order chi connectivity index (χ0) is 65.1. The molecule has 0 aliphatic carbocycles. The number of phenolic OH excluding ortho intramolecular Hbond substituents is 1. The molecule has 1 aromatic heterocycles. The van der Waals surface area contributed by atoms with E-state index < -0.39 is 0 Å². The average Bonchev–Trinajstić information content (AvgIpc) is 2.05. The van der Waals surface area contributed by atoms with Crippen LogP contribution in [0.15, 0.2) is 66.7 Å².